The van der Waals surface area contributed by atoms with E-state index in [9.17, 15) is 0 Å². The molecule has 6 nitrogen and oxygen atoms in total. The van der Waals surface area contributed by atoms with Crippen LogP contribution in [0, 0.1) is 0 Å². The first-order valence-electron chi connectivity index (χ1n) is 6.49. The number of nitrogens with one attached hydrogen (secondary N) is 1. The maximum absolute atomic E-state index is 5.34. The van der Waals surface area contributed by atoms with E-state index in [1.165, 1.54) is 0 Å². The highest BCUT2D eigenvalue weighted by Gasteiger charge is 2.20. The fourth-order valence-electron chi connectivity index (χ4n) is 2.18. The quantitative estimate of drug-likeness (QED) is 0.875. The second-order valence-electron chi connectivity index (χ2n) is 4.29. The second-order valence-corrected chi connectivity index (χ2v) is 4.29. The lowest BCUT2D eigenvalue weighted by atomic mass is 10.0. The Morgan fingerprint density at radius 3 is 2.29 bits per heavy atom. The number of hydrogen-bond donors (Lipinski definition) is 1. The van der Waals surface area contributed by atoms with Gasteiger partial charge in [0, 0.05) is 12.4 Å². The second kappa shape index (κ2) is 6.90. The SMILES string of the molecule is CNC(c1ccc(OC)c(OC)c1)c1nccnc1OC. The van der Waals surface area contributed by atoms with Crippen molar-refractivity contribution in [3.8, 4) is 17.4 Å². The number of ether oxygens (including phenoxy) is 3. The monoisotopic (exact) mass is 289 g/mol. The smallest absolute Gasteiger partial charge is 0.237 e. The molecule has 0 aliphatic carbocycles. The van der Waals surface area contributed by atoms with Crippen molar-refractivity contribution in [2.45, 2.75) is 6.04 Å². The van der Waals surface area contributed by atoms with E-state index in [0.717, 1.165) is 11.3 Å². The van der Waals surface area contributed by atoms with E-state index in [-0.39, 0.29) is 6.04 Å². The van der Waals surface area contributed by atoms with Crippen molar-refractivity contribution < 1.29 is 14.2 Å². The van der Waals surface area contributed by atoms with E-state index >= 15 is 0 Å². The lowest BCUT2D eigenvalue weighted by Gasteiger charge is -2.19. The molecule has 0 saturated heterocycles. The van der Waals surface area contributed by atoms with Crippen molar-refractivity contribution in [1.29, 1.82) is 0 Å². The Hall–Kier alpha value is -2.34. The summed E-state index contributed by atoms with van der Waals surface area (Å²) in [6.45, 7) is 0. The molecular formula is C15H19N3O3. The van der Waals surface area contributed by atoms with Gasteiger partial charge in [-0.15, -0.1) is 0 Å². The van der Waals surface area contributed by atoms with Gasteiger partial charge in [-0.2, -0.15) is 0 Å². The van der Waals surface area contributed by atoms with E-state index in [2.05, 4.69) is 15.3 Å². The van der Waals surface area contributed by atoms with Crippen molar-refractivity contribution in [3.63, 3.8) is 0 Å². The molecule has 1 unspecified atom stereocenters. The summed E-state index contributed by atoms with van der Waals surface area (Å²) in [5.74, 6) is 1.84. The first-order chi connectivity index (χ1) is 10.2. The van der Waals surface area contributed by atoms with Crippen LogP contribution in [0.4, 0.5) is 0 Å². The normalized spacial score (nSPS) is 11.8. The molecule has 1 aromatic heterocycles. The van der Waals surface area contributed by atoms with Crippen molar-refractivity contribution >= 4 is 0 Å². The van der Waals surface area contributed by atoms with Crippen LogP contribution in [0.2, 0.25) is 0 Å². The number of hydrogen-bond acceptors (Lipinski definition) is 6. The summed E-state index contributed by atoms with van der Waals surface area (Å²) in [5, 5.41) is 3.22. The van der Waals surface area contributed by atoms with Gasteiger partial charge in [0.25, 0.3) is 0 Å². The van der Waals surface area contributed by atoms with Crippen molar-refractivity contribution in [2.24, 2.45) is 0 Å². The molecule has 0 aliphatic heterocycles. The van der Waals surface area contributed by atoms with Gasteiger partial charge >= 0.3 is 0 Å². The van der Waals surface area contributed by atoms with Gasteiger partial charge in [-0.3, -0.25) is 4.98 Å². The Bertz CT molecular complexity index is 604. The molecule has 2 rings (SSSR count). The minimum atomic E-state index is -0.159. The van der Waals surface area contributed by atoms with Gasteiger partial charge in [0.05, 0.1) is 27.4 Å². The summed E-state index contributed by atoms with van der Waals surface area (Å²) in [6.07, 6.45) is 3.24. The number of aromatic nitrogens is 2. The molecule has 0 saturated carbocycles. The zero-order valence-corrected chi connectivity index (χ0v) is 12.6. The van der Waals surface area contributed by atoms with Crippen molar-refractivity contribution in [2.75, 3.05) is 28.4 Å². The molecule has 0 amide bonds. The molecule has 1 aromatic carbocycles. The Balaban J connectivity index is 2.46. The van der Waals surface area contributed by atoms with E-state index in [1.54, 1.807) is 33.7 Å². The molecule has 21 heavy (non-hydrogen) atoms. The van der Waals surface area contributed by atoms with Gasteiger partial charge in [-0.1, -0.05) is 6.07 Å². The molecule has 1 atom stereocenters. The third-order valence-electron chi connectivity index (χ3n) is 3.19. The molecule has 112 valence electrons. The summed E-state index contributed by atoms with van der Waals surface area (Å²) in [7, 11) is 6.65. The third-order valence-corrected chi connectivity index (χ3v) is 3.19. The summed E-state index contributed by atoms with van der Waals surface area (Å²) in [4.78, 5) is 8.56. The number of methoxy groups -OCH3 is 3. The van der Waals surface area contributed by atoms with Crippen LogP contribution in [-0.4, -0.2) is 38.3 Å². The predicted octanol–water partition coefficient (Wildman–Crippen LogP) is 1.81. The zero-order valence-electron chi connectivity index (χ0n) is 12.6. The van der Waals surface area contributed by atoms with E-state index in [0.29, 0.717) is 17.4 Å². The maximum Gasteiger partial charge on any atom is 0.237 e. The molecule has 0 spiro atoms. The molecule has 6 heteroatoms. The van der Waals surface area contributed by atoms with Crippen LogP contribution in [0.3, 0.4) is 0 Å². The molecule has 1 heterocycles. The zero-order chi connectivity index (χ0) is 15.2. The topological polar surface area (TPSA) is 65.5 Å². The van der Waals surface area contributed by atoms with Gasteiger partial charge in [-0.05, 0) is 24.7 Å². The molecule has 0 aliphatic rings. The van der Waals surface area contributed by atoms with Crippen LogP contribution in [0.5, 0.6) is 17.4 Å². The molecule has 0 radical (unpaired) electrons. The van der Waals surface area contributed by atoms with Gasteiger partial charge in [0.1, 0.15) is 5.69 Å². The van der Waals surface area contributed by atoms with E-state index in [1.807, 2.05) is 25.2 Å². The predicted molar refractivity (Wildman–Crippen MR) is 79.0 cm³/mol. The Labute approximate surface area is 124 Å². The molecule has 0 bridgehead atoms. The summed E-state index contributed by atoms with van der Waals surface area (Å²) >= 11 is 0. The summed E-state index contributed by atoms with van der Waals surface area (Å²) in [5.41, 5.74) is 1.70. The Morgan fingerprint density at radius 1 is 0.952 bits per heavy atom. The number of benzene rings is 1. The van der Waals surface area contributed by atoms with Crippen LogP contribution in [0.15, 0.2) is 30.6 Å². The number of nitrogens with zero attached hydrogens (tertiary/aromatic N) is 2. The van der Waals surface area contributed by atoms with Crippen LogP contribution < -0.4 is 19.5 Å². The van der Waals surface area contributed by atoms with Crippen LogP contribution in [0.1, 0.15) is 17.3 Å². The molecule has 1 N–H and O–H groups in total. The molecule has 2 aromatic rings. The Kier molecular flexibility index (Phi) is 4.94. The summed E-state index contributed by atoms with van der Waals surface area (Å²) < 4.78 is 15.9. The Morgan fingerprint density at radius 2 is 1.67 bits per heavy atom. The standard InChI is InChI=1S/C15H19N3O3/c1-16-13(14-15(21-4)18-8-7-17-14)10-5-6-11(19-2)12(9-10)20-3/h5-9,13,16H,1-4H3. The first-order valence-corrected chi connectivity index (χ1v) is 6.49. The largest absolute Gasteiger partial charge is 0.493 e. The van der Waals surface area contributed by atoms with Gasteiger partial charge in [0.2, 0.25) is 5.88 Å². The first kappa shape index (κ1) is 15.1. The van der Waals surface area contributed by atoms with Crippen molar-refractivity contribution in [3.05, 3.63) is 41.9 Å². The van der Waals surface area contributed by atoms with Gasteiger partial charge in [-0.25, -0.2) is 4.98 Å². The molecule has 0 fully saturated rings. The lowest BCUT2D eigenvalue weighted by molar-refractivity contribution is 0.354. The van der Waals surface area contributed by atoms with Crippen LogP contribution in [0.25, 0.3) is 0 Å². The minimum absolute atomic E-state index is 0.159. The lowest BCUT2D eigenvalue weighted by Crippen LogP contribution is -2.20. The van der Waals surface area contributed by atoms with Gasteiger partial charge < -0.3 is 19.5 Å². The average molecular weight is 289 g/mol. The maximum atomic E-state index is 5.34. The fraction of sp³-hybridized carbons (Fsp3) is 0.333. The summed E-state index contributed by atoms with van der Waals surface area (Å²) in [6, 6.07) is 5.57. The van der Waals surface area contributed by atoms with Crippen LogP contribution >= 0.6 is 0 Å². The fourth-order valence-corrected chi connectivity index (χ4v) is 2.18. The molecular weight excluding hydrogens is 270 g/mol. The minimum Gasteiger partial charge on any atom is -0.493 e. The third kappa shape index (κ3) is 3.05. The highest BCUT2D eigenvalue weighted by molar-refractivity contribution is 5.46. The highest BCUT2D eigenvalue weighted by atomic mass is 16.5. The van der Waals surface area contributed by atoms with Gasteiger partial charge in [0.15, 0.2) is 11.5 Å². The number of rotatable bonds is 6. The highest BCUT2D eigenvalue weighted by Crippen LogP contribution is 2.33. The average Bonchev–Trinajstić information content (AvgIpc) is 2.55. The van der Waals surface area contributed by atoms with E-state index in [4.69, 9.17) is 14.2 Å². The van der Waals surface area contributed by atoms with Crippen molar-refractivity contribution in [1.82, 2.24) is 15.3 Å². The van der Waals surface area contributed by atoms with E-state index < -0.39 is 0 Å². The van der Waals surface area contributed by atoms with Crippen LogP contribution in [-0.2, 0) is 0 Å².